The molecule has 4 heteroatoms. The summed E-state index contributed by atoms with van der Waals surface area (Å²) in [6, 6.07) is 20.5. The van der Waals surface area contributed by atoms with Crippen molar-refractivity contribution in [1.29, 1.82) is 0 Å². The van der Waals surface area contributed by atoms with Crippen LogP contribution in [-0.2, 0) is 4.79 Å². The fourth-order valence-electron chi connectivity index (χ4n) is 3.22. The third-order valence-electron chi connectivity index (χ3n) is 4.81. The lowest BCUT2D eigenvalue weighted by Crippen LogP contribution is -2.54. The number of hydrogen-bond acceptors (Lipinski definition) is 4. The first-order valence-electron chi connectivity index (χ1n) is 8.66. The Kier molecular flexibility index (Phi) is 4.20. The van der Waals surface area contributed by atoms with Crippen molar-refractivity contribution in [2.75, 3.05) is 24.5 Å². The van der Waals surface area contributed by atoms with Crippen LogP contribution in [-0.4, -0.2) is 36.4 Å². The molecule has 126 valence electrons. The van der Waals surface area contributed by atoms with E-state index < -0.39 is 0 Å². The number of anilines is 1. The molecule has 1 N–H and O–H groups in total. The van der Waals surface area contributed by atoms with Gasteiger partial charge in [-0.1, -0.05) is 42.5 Å². The average Bonchev–Trinajstić information content (AvgIpc) is 2.64. The fourth-order valence-corrected chi connectivity index (χ4v) is 3.22. The standard InChI is InChI=1S/C15H17N3O.C6H4/c1-11(19)14-10-16-8-9-18(14)15-7-6-12-4-2-3-5-13(12)17-15;1-2-6-4-3-5(1)6/h2-7,14,16H,8-10H2,1H3;1-4H. The Bertz CT molecular complexity index is 883. The van der Waals surface area contributed by atoms with Crippen molar-refractivity contribution in [1.82, 2.24) is 10.3 Å². The Balaban J connectivity index is 0.000000217. The van der Waals surface area contributed by atoms with Gasteiger partial charge >= 0.3 is 0 Å². The molecule has 0 spiro atoms. The third kappa shape index (κ3) is 3.13. The van der Waals surface area contributed by atoms with Gasteiger partial charge in [0, 0.05) is 25.0 Å². The number of hydrogen-bond donors (Lipinski definition) is 1. The van der Waals surface area contributed by atoms with Crippen molar-refractivity contribution < 1.29 is 4.79 Å². The minimum Gasteiger partial charge on any atom is -0.344 e. The molecule has 1 atom stereocenters. The summed E-state index contributed by atoms with van der Waals surface area (Å²) in [5.74, 6) is 1.07. The summed E-state index contributed by atoms with van der Waals surface area (Å²) in [6.45, 7) is 4.05. The SMILES string of the molecule is CC(=O)C1CNCCN1c1ccc2ccccc2n1.c1cc2ccc1-2. The van der Waals surface area contributed by atoms with E-state index in [-0.39, 0.29) is 11.8 Å². The molecule has 2 aromatic rings. The zero-order valence-corrected chi connectivity index (χ0v) is 14.3. The van der Waals surface area contributed by atoms with Crippen molar-refractivity contribution in [2.45, 2.75) is 13.0 Å². The summed E-state index contributed by atoms with van der Waals surface area (Å²) >= 11 is 0. The van der Waals surface area contributed by atoms with E-state index in [2.05, 4.69) is 45.5 Å². The first kappa shape index (κ1) is 15.8. The first-order chi connectivity index (χ1) is 12.2. The number of nitrogens with zero attached hydrogens (tertiary/aromatic N) is 2. The summed E-state index contributed by atoms with van der Waals surface area (Å²) < 4.78 is 0. The van der Waals surface area contributed by atoms with Crippen molar-refractivity contribution in [2.24, 2.45) is 0 Å². The van der Waals surface area contributed by atoms with Gasteiger partial charge in [0.25, 0.3) is 0 Å². The van der Waals surface area contributed by atoms with Crippen LogP contribution < -0.4 is 10.2 Å². The molecule has 4 nitrogen and oxygen atoms in total. The molecule has 0 bridgehead atoms. The molecule has 1 unspecified atom stereocenters. The zero-order valence-electron chi connectivity index (χ0n) is 14.3. The number of pyridine rings is 1. The van der Waals surface area contributed by atoms with Crippen LogP contribution in [0, 0.1) is 0 Å². The smallest absolute Gasteiger partial charge is 0.153 e. The molecule has 5 rings (SSSR count). The topological polar surface area (TPSA) is 45.2 Å². The van der Waals surface area contributed by atoms with Gasteiger partial charge in [-0.25, -0.2) is 4.98 Å². The summed E-state index contributed by atoms with van der Waals surface area (Å²) in [6.07, 6.45) is 0. The monoisotopic (exact) mass is 331 g/mol. The highest BCUT2D eigenvalue weighted by Gasteiger charge is 2.26. The minimum absolute atomic E-state index is 0.109. The first-order valence-corrected chi connectivity index (χ1v) is 8.66. The van der Waals surface area contributed by atoms with Crippen molar-refractivity contribution in [3.05, 3.63) is 60.7 Å². The minimum atomic E-state index is -0.109. The maximum atomic E-state index is 11.7. The Labute approximate surface area is 147 Å². The molecule has 1 saturated heterocycles. The lowest BCUT2D eigenvalue weighted by Gasteiger charge is -2.35. The second kappa shape index (κ2) is 6.65. The van der Waals surface area contributed by atoms with Crippen LogP contribution >= 0.6 is 0 Å². The molecule has 1 fully saturated rings. The number of para-hydroxylation sites is 1. The summed E-state index contributed by atoms with van der Waals surface area (Å²) in [4.78, 5) is 18.5. The van der Waals surface area contributed by atoms with Crippen LogP contribution in [0.2, 0.25) is 0 Å². The van der Waals surface area contributed by atoms with Gasteiger partial charge in [-0.3, -0.25) is 4.79 Å². The van der Waals surface area contributed by atoms with Gasteiger partial charge in [0.1, 0.15) is 11.9 Å². The maximum Gasteiger partial charge on any atom is 0.153 e. The zero-order chi connectivity index (χ0) is 17.2. The van der Waals surface area contributed by atoms with Crippen LogP contribution in [0.15, 0.2) is 60.7 Å². The summed E-state index contributed by atoms with van der Waals surface area (Å²) in [7, 11) is 0. The van der Waals surface area contributed by atoms with Gasteiger partial charge in [0.2, 0.25) is 0 Å². The highest BCUT2D eigenvalue weighted by Crippen LogP contribution is 2.29. The van der Waals surface area contributed by atoms with Gasteiger partial charge in [-0.15, -0.1) is 0 Å². The molecule has 3 aliphatic rings. The lowest BCUT2D eigenvalue weighted by atomic mass is 9.95. The number of benzene rings is 2. The van der Waals surface area contributed by atoms with Crippen LogP contribution in [0.25, 0.3) is 22.0 Å². The quantitative estimate of drug-likeness (QED) is 0.612. The average molecular weight is 331 g/mol. The highest BCUT2D eigenvalue weighted by molar-refractivity contribution is 5.86. The van der Waals surface area contributed by atoms with E-state index in [1.54, 1.807) is 6.92 Å². The number of rotatable bonds is 2. The second-order valence-corrected chi connectivity index (χ2v) is 6.46. The van der Waals surface area contributed by atoms with E-state index in [9.17, 15) is 4.79 Å². The van der Waals surface area contributed by atoms with Gasteiger partial charge in [0.05, 0.1) is 5.52 Å². The molecule has 0 radical (unpaired) electrons. The number of carbonyl (C=O) groups excluding carboxylic acids is 1. The number of aromatic nitrogens is 1. The van der Waals surface area contributed by atoms with E-state index in [4.69, 9.17) is 0 Å². The molecule has 1 aromatic heterocycles. The van der Waals surface area contributed by atoms with Crippen LogP contribution in [0.5, 0.6) is 0 Å². The predicted molar refractivity (Wildman–Crippen MR) is 102 cm³/mol. The Morgan fingerprint density at radius 2 is 1.76 bits per heavy atom. The fraction of sp³-hybridized carbons (Fsp3) is 0.238. The Morgan fingerprint density at radius 3 is 2.40 bits per heavy atom. The van der Waals surface area contributed by atoms with Gasteiger partial charge in [-0.05, 0) is 36.2 Å². The van der Waals surface area contributed by atoms with Gasteiger partial charge in [-0.2, -0.15) is 0 Å². The number of piperazine rings is 1. The molecule has 25 heavy (non-hydrogen) atoms. The van der Waals surface area contributed by atoms with Crippen molar-refractivity contribution in [3.63, 3.8) is 0 Å². The largest absolute Gasteiger partial charge is 0.344 e. The number of Topliss-reactive ketones (excluding diaryl/α,β-unsaturated/α-hetero) is 1. The van der Waals surface area contributed by atoms with E-state index in [0.717, 1.165) is 29.8 Å². The van der Waals surface area contributed by atoms with E-state index >= 15 is 0 Å². The molecule has 0 saturated carbocycles. The van der Waals surface area contributed by atoms with E-state index in [1.165, 1.54) is 11.1 Å². The van der Waals surface area contributed by atoms with Gasteiger partial charge in [0.15, 0.2) is 5.78 Å². The predicted octanol–water partition coefficient (Wildman–Crippen LogP) is 3.27. The lowest BCUT2D eigenvalue weighted by molar-refractivity contribution is -0.118. The van der Waals surface area contributed by atoms with Crippen molar-refractivity contribution >= 4 is 22.5 Å². The molecular weight excluding hydrogens is 310 g/mol. The van der Waals surface area contributed by atoms with E-state index in [1.807, 2.05) is 30.3 Å². The van der Waals surface area contributed by atoms with Crippen molar-refractivity contribution in [3.8, 4) is 11.1 Å². The number of carbonyl (C=O) groups is 1. The number of nitrogens with one attached hydrogen (secondary N) is 1. The molecule has 2 aliphatic carbocycles. The van der Waals surface area contributed by atoms with Crippen LogP contribution in [0.4, 0.5) is 5.82 Å². The van der Waals surface area contributed by atoms with Crippen LogP contribution in [0.3, 0.4) is 0 Å². The van der Waals surface area contributed by atoms with Crippen LogP contribution in [0.1, 0.15) is 6.92 Å². The summed E-state index contributed by atoms with van der Waals surface area (Å²) in [5, 5.41) is 4.39. The molecule has 0 amide bonds. The molecule has 1 aromatic carbocycles. The molecule has 2 heterocycles. The molecule has 1 aliphatic heterocycles. The Hall–Kier alpha value is -2.72. The second-order valence-electron chi connectivity index (χ2n) is 6.46. The highest BCUT2D eigenvalue weighted by atomic mass is 16.1. The Morgan fingerprint density at radius 1 is 1.04 bits per heavy atom. The van der Waals surface area contributed by atoms with Gasteiger partial charge < -0.3 is 10.2 Å². The maximum absolute atomic E-state index is 11.7. The third-order valence-corrected chi connectivity index (χ3v) is 4.81. The molecular formula is C21H21N3O. The van der Waals surface area contributed by atoms with E-state index in [0.29, 0.717) is 6.54 Å². The number of ketones is 1. The number of fused-ring (bicyclic) bond motifs is 2. The summed E-state index contributed by atoms with van der Waals surface area (Å²) in [5.41, 5.74) is 3.82. The normalized spacial score (nSPS) is 17.6.